The van der Waals surface area contributed by atoms with Crippen molar-refractivity contribution < 1.29 is 4.74 Å². The maximum Gasteiger partial charge on any atom is 0.118 e. The molecule has 0 heterocycles. The predicted molar refractivity (Wildman–Crippen MR) is 93.2 cm³/mol. The van der Waals surface area contributed by atoms with Crippen molar-refractivity contribution in [2.24, 2.45) is 0 Å². The van der Waals surface area contributed by atoms with Gasteiger partial charge in [-0.2, -0.15) is 0 Å². The lowest BCUT2D eigenvalue weighted by Gasteiger charge is -2.21. The SMILES string of the molecule is CCc1cc(Br)ccc1NC(CC)c1ccc(OC)cc1. The summed E-state index contributed by atoms with van der Waals surface area (Å²) in [6.45, 7) is 4.38. The van der Waals surface area contributed by atoms with E-state index in [1.165, 1.54) is 16.8 Å². The molecule has 0 spiro atoms. The number of rotatable bonds is 6. The van der Waals surface area contributed by atoms with E-state index < -0.39 is 0 Å². The van der Waals surface area contributed by atoms with Gasteiger partial charge in [0.25, 0.3) is 0 Å². The van der Waals surface area contributed by atoms with Crippen molar-refractivity contribution >= 4 is 21.6 Å². The molecule has 0 radical (unpaired) electrons. The third kappa shape index (κ3) is 4.01. The summed E-state index contributed by atoms with van der Waals surface area (Å²) in [7, 11) is 1.69. The number of nitrogens with one attached hydrogen (secondary N) is 1. The van der Waals surface area contributed by atoms with Crippen LogP contribution in [0.3, 0.4) is 0 Å². The zero-order valence-corrected chi connectivity index (χ0v) is 14.4. The van der Waals surface area contributed by atoms with Crippen LogP contribution in [0.4, 0.5) is 5.69 Å². The lowest BCUT2D eigenvalue weighted by atomic mass is 10.0. The fourth-order valence-electron chi connectivity index (χ4n) is 2.44. The zero-order chi connectivity index (χ0) is 15.2. The van der Waals surface area contributed by atoms with Crippen LogP contribution in [0.5, 0.6) is 5.75 Å². The molecular weight excluding hydrogens is 326 g/mol. The van der Waals surface area contributed by atoms with Crippen LogP contribution in [-0.4, -0.2) is 7.11 Å². The van der Waals surface area contributed by atoms with Crippen LogP contribution in [0.2, 0.25) is 0 Å². The topological polar surface area (TPSA) is 21.3 Å². The molecule has 112 valence electrons. The molecule has 2 rings (SSSR count). The number of hydrogen-bond donors (Lipinski definition) is 1. The van der Waals surface area contributed by atoms with E-state index in [1.54, 1.807) is 7.11 Å². The Morgan fingerprint density at radius 2 is 1.81 bits per heavy atom. The molecule has 0 saturated heterocycles. The van der Waals surface area contributed by atoms with Crippen LogP contribution in [0, 0.1) is 0 Å². The van der Waals surface area contributed by atoms with Gasteiger partial charge in [0.1, 0.15) is 5.75 Å². The molecule has 0 saturated carbocycles. The van der Waals surface area contributed by atoms with E-state index in [9.17, 15) is 0 Å². The first-order chi connectivity index (χ1) is 10.2. The standard InChI is InChI=1S/C18H22BrNO/c1-4-13-12-15(19)8-11-18(13)20-17(5-2)14-6-9-16(21-3)10-7-14/h6-12,17,20H,4-5H2,1-3H3. The zero-order valence-electron chi connectivity index (χ0n) is 12.8. The van der Waals surface area contributed by atoms with Gasteiger partial charge in [-0.1, -0.05) is 41.9 Å². The van der Waals surface area contributed by atoms with Gasteiger partial charge in [-0.05, 0) is 54.3 Å². The number of methoxy groups -OCH3 is 1. The van der Waals surface area contributed by atoms with Gasteiger partial charge in [0.2, 0.25) is 0 Å². The van der Waals surface area contributed by atoms with E-state index in [2.05, 4.69) is 65.4 Å². The van der Waals surface area contributed by atoms with Gasteiger partial charge in [-0.15, -0.1) is 0 Å². The van der Waals surface area contributed by atoms with E-state index in [0.29, 0.717) is 6.04 Å². The minimum absolute atomic E-state index is 0.308. The van der Waals surface area contributed by atoms with Gasteiger partial charge in [-0.3, -0.25) is 0 Å². The first kappa shape index (κ1) is 15.9. The van der Waals surface area contributed by atoms with E-state index in [-0.39, 0.29) is 0 Å². The first-order valence-electron chi connectivity index (χ1n) is 7.36. The highest BCUT2D eigenvalue weighted by molar-refractivity contribution is 9.10. The molecule has 0 aromatic heterocycles. The van der Waals surface area contributed by atoms with Gasteiger partial charge in [-0.25, -0.2) is 0 Å². The highest BCUT2D eigenvalue weighted by atomic mass is 79.9. The third-order valence-electron chi connectivity index (χ3n) is 3.70. The van der Waals surface area contributed by atoms with E-state index >= 15 is 0 Å². The predicted octanol–water partition coefficient (Wildman–Crippen LogP) is 5.58. The summed E-state index contributed by atoms with van der Waals surface area (Å²) in [4.78, 5) is 0. The molecule has 2 aromatic rings. The molecule has 0 fully saturated rings. The van der Waals surface area contributed by atoms with Crippen molar-refractivity contribution in [3.63, 3.8) is 0 Å². The Labute approximate surface area is 135 Å². The Morgan fingerprint density at radius 3 is 2.38 bits per heavy atom. The van der Waals surface area contributed by atoms with Crippen LogP contribution in [0.1, 0.15) is 37.4 Å². The Hall–Kier alpha value is -1.48. The van der Waals surface area contributed by atoms with Crippen LogP contribution >= 0.6 is 15.9 Å². The minimum Gasteiger partial charge on any atom is -0.497 e. The molecule has 3 heteroatoms. The average Bonchev–Trinajstić information content (AvgIpc) is 2.53. The molecule has 1 unspecified atom stereocenters. The van der Waals surface area contributed by atoms with Crippen molar-refractivity contribution in [2.75, 3.05) is 12.4 Å². The Bertz CT molecular complexity index is 580. The van der Waals surface area contributed by atoms with Crippen molar-refractivity contribution in [1.29, 1.82) is 0 Å². The first-order valence-corrected chi connectivity index (χ1v) is 8.16. The summed E-state index contributed by atoms with van der Waals surface area (Å²) in [5, 5.41) is 3.67. The van der Waals surface area contributed by atoms with Gasteiger partial charge >= 0.3 is 0 Å². The lowest BCUT2D eigenvalue weighted by Crippen LogP contribution is -2.11. The normalized spacial score (nSPS) is 12.0. The van der Waals surface area contributed by atoms with Crippen molar-refractivity contribution in [1.82, 2.24) is 0 Å². The Morgan fingerprint density at radius 1 is 1.10 bits per heavy atom. The molecule has 0 aliphatic rings. The molecule has 0 aliphatic heterocycles. The molecule has 0 aliphatic carbocycles. The molecule has 1 N–H and O–H groups in total. The third-order valence-corrected chi connectivity index (χ3v) is 4.20. The number of anilines is 1. The van der Waals surface area contributed by atoms with E-state index in [0.717, 1.165) is 23.1 Å². The summed E-state index contributed by atoms with van der Waals surface area (Å²) in [5.41, 5.74) is 3.82. The average molecular weight is 348 g/mol. The number of aryl methyl sites for hydroxylation is 1. The van der Waals surface area contributed by atoms with Crippen LogP contribution in [-0.2, 0) is 6.42 Å². The van der Waals surface area contributed by atoms with Gasteiger partial charge in [0.05, 0.1) is 13.2 Å². The highest BCUT2D eigenvalue weighted by Crippen LogP contribution is 2.28. The number of hydrogen-bond acceptors (Lipinski definition) is 2. The fourth-order valence-corrected chi connectivity index (χ4v) is 2.85. The number of ether oxygens (including phenoxy) is 1. The van der Waals surface area contributed by atoms with E-state index in [1.807, 2.05) is 12.1 Å². The summed E-state index contributed by atoms with van der Waals surface area (Å²) < 4.78 is 6.35. The lowest BCUT2D eigenvalue weighted by molar-refractivity contribution is 0.414. The molecule has 0 amide bonds. The summed E-state index contributed by atoms with van der Waals surface area (Å²) in [6.07, 6.45) is 2.05. The highest BCUT2D eigenvalue weighted by Gasteiger charge is 2.11. The maximum absolute atomic E-state index is 5.22. The molecule has 1 atom stereocenters. The molecule has 2 nitrogen and oxygen atoms in total. The number of benzene rings is 2. The molecular formula is C18H22BrNO. The van der Waals surface area contributed by atoms with Crippen molar-refractivity contribution in [3.8, 4) is 5.75 Å². The quantitative estimate of drug-likeness (QED) is 0.735. The Kier molecular flexibility index (Phi) is 5.68. The molecule has 2 aromatic carbocycles. The van der Waals surface area contributed by atoms with Crippen molar-refractivity contribution in [2.45, 2.75) is 32.7 Å². The monoisotopic (exact) mass is 347 g/mol. The van der Waals surface area contributed by atoms with Crippen LogP contribution in [0.25, 0.3) is 0 Å². The minimum atomic E-state index is 0.308. The largest absolute Gasteiger partial charge is 0.497 e. The van der Waals surface area contributed by atoms with E-state index in [4.69, 9.17) is 4.74 Å². The number of halogens is 1. The molecule has 21 heavy (non-hydrogen) atoms. The van der Waals surface area contributed by atoms with Crippen molar-refractivity contribution in [3.05, 3.63) is 58.1 Å². The second-order valence-corrected chi connectivity index (χ2v) is 5.95. The Balaban J connectivity index is 2.22. The van der Waals surface area contributed by atoms with Crippen LogP contribution < -0.4 is 10.1 Å². The maximum atomic E-state index is 5.22. The van der Waals surface area contributed by atoms with Gasteiger partial charge < -0.3 is 10.1 Å². The smallest absolute Gasteiger partial charge is 0.118 e. The summed E-state index contributed by atoms with van der Waals surface area (Å²) in [6, 6.07) is 15.0. The van der Waals surface area contributed by atoms with Crippen LogP contribution in [0.15, 0.2) is 46.9 Å². The fraction of sp³-hybridized carbons (Fsp3) is 0.333. The summed E-state index contributed by atoms with van der Waals surface area (Å²) in [5.74, 6) is 0.895. The second kappa shape index (κ2) is 7.51. The second-order valence-electron chi connectivity index (χ2n) is 5.03. The van der Waals surface area contributed by atoms with Gasteiger partial charge in [0, 0.05) is 10.2 Å². The summed E-state index contributed by atoms with van der Waals surface area (Å²) >= 11 is 3.54. The molecule has 0 bridgehead atoms. The van der Waals surface area contributed by atoms with Gasteiger partial charge in [0.15, 0.2) is 0 Å².